The van der Waals surface area contributed by atoms with Crippen molar-refractivity contribution < 1.29 is 21.9 Å². The van der Waals surface area contributed by atoms with Crippen LogP contribution in [-0.2, 0) is 21.9 Å². The minimum Gasteiger partial charge on any atom is -0.463 e. The molecule has 1 unspecified atom stereocenters. The molecule has 0 aliphatic rings. The maximum atomic E-state index is 11.4. The summed E-state index contributed by atoms with van der Waals surface area (Å²) in [6.45, 7) is 21.6. The number of hydrogen-bond donors (Lipinski definition) is 0. The van der Waals surface area contributed by atoms with E-state index >= 15 is 0 Å². The van der Waals surface area contributed by atoms with Crippen molar-refractivity contribution in [1.29, 1.82) is 0 Å². The highest BCUT2D eigenvalue weighted by Crippen LogP contribution is 2.27. The maximum Gasteiger partial charge on any atom is 0.330 e. The molecule has 5 nitrogen and oxygen atoms in total. The van der Waals surface area contributed by atoms with Gasteiger partial charge < -0.3 is 17.1 Å². The largest absolute Gasteiger partial charge is 0.463 e. The van der Waals surface area contributed by atoms with Crippen molar-refractivity contribution in [3.63, 3.8) is 0 Å². The molecule has 0 fully saturated rings. The number of hydrogen-bond acceptors (Lipinski definition) is 5. The Kier molecular flexibility index (Phi) is 9.75. The van der Waals surface area contributed by atoms with Crippen LogP contribution in [0, 0.1) is 0 Å². The molecule has 0 amide bonds. The van der Waals surface area contributed by atoms with Gasteiger partial charge in [0.1, 0.15) is 0 Å². The molecule has 0 aliphatic heterocycles. The van der Waals surface area contributed by atoms with E-state index in [9.17, 15) is 4.79 Å². The molecule has 9 heteroatoms. The Labute approximate surface area is 158 Å². The van der Waals surface area contributed by atoms with E-state index in [0.717, 1.165) is 12.5 Å². The summed E-state index contributed by atoms with van der Waals surface area (Å²) in [5.41, 5.74) is 0. The van der Waals surface area contributed by atoms with Crippen LogP contribution in [0.25, 0.3) is 0 Å². The summed E-state index contributed by atoms with van der Waals surface area (Å²) in [7, 11) is -8.09. The van der Waals surface area contributed by atoms with E-state index in [4.69, 9.17) is 17.1 Å². The lowest BCUT2D eigenvalue weighted by Crippen LogP contribution is -2.56. The van der Waals surface area contributed by atoms with Crippen molar-refractivity contribution in [2.24, 2.45) is 0 Å². The summed E-state index contributed by atoms with van der Waals surface area (Å²) in [4.78, 5) is 11.4. The second-order valence-corrected chi connectivity index (χ2v) is 25.3. The first-order chi connectivity index (χ1) is 11.1. The van der Waals surface area contributed by atoms with Gasteiger partial charge in [-0.05, 0) is 78.3 Å². The molecule has 0 heterocycles. The topological polar surface area (TPSA) is 54.0 Å². The predicted octanol–water partition coefficient (Wildman–Crippen LogP) is 4.99. The second kappa shape index (κ2) is 9.77. The monoisotopic (exact) mass is 422 g/mol. The van der Waals surface area contributed by atoms with Crippen LogP contribution in [0.5, 0.6) is 0 Å². The summed E-state index contributed by atoms with van der Waals surface area (Å²) >= 11 is 0. The molecule has 0 radical (unpaired) electrons. The highest BCUT2D eigenvalue weighted by Gasteiger charge is 2.44. The third-order valence-electron chi connectivity index (χ3n) is 2.86. The summed E-state index contributed by atoms with van der Waals surface area (Å²) in [5.74, 6) is -0.297. The van der Waals surface area contributed by atoms with Gasteiger partial charge in [-0.2, -0.15) is 0 Å². The molecule has 1 atom stereocenters. The van der Waals surface area contributed by atoms with Crippen molar-refractivity contribution >= 4 is 39.7 Å². The molecule has 0 aromatic heterocycles. The third kappa shape index (κ3) is 13.8. The first kappa shape index (κ1) is 25.0. The van der Waals surface area contributed by atoms with Crippen molar-refractivity contribution in [3.05, 3.63) is 12.2 Å². The molecule has 0 rings (SSSR count). The van der Waals surface area contributed by atoms with Gasteiger partial charge in [0.2, 0.25) is 0 Å². The SMILES string of the molecule is CC=CC(=O)OCCC[Si](C)(O[Si](C)(C)C)O[Si](C)(C)O[Si](C)(C)C. The Morgan fingerprint density at radius 2 is 1.36 bits per heavy atom. The molecule has 0 saturated carbocycles. The first-order valence-electron chi connectivity index (χ1n) is 8.97. The minimum atomic E-state index is -2.40. The van der Waals surface area contributed by atoms with Gasteiger partial charge in [0.05, 0.1) is 6.61 Å². The normalized spacial score (nSPS) is 16.1. The van der Waals surface area contributed by atoms with Crippen LogP contribution in [0.3, 0.4) is 0 Å². The molecule has 0 aromatic rings. The smallest absolute Gasteiger partial charge is 0.330 e. The standard InChI is InChI=1S/C16H38O5Si4/c1-11-13-16(17)18-14-12-15-25(10,20-23(5,6)7)21-24(8,9)19-22(2,3)4/h11,13H,12,14-15H2,1-10H3. The molecule has 0 aromatic carbocycles. The van der Waals surface area contributed by atoms with Gasteiger partial charge in [-0.3, -0.25) is 0 Å². The first-order valence-corrected chi connectivity index (χ1v) is 21.1. The molecule has 148 valence electrons. The van der Waals surface area contributed by atoms with E-state index in [-0.39, 0.29) is 5.97 Å². The van der Waals surface area contributed by atoms with E-state index in [1.54, 1.807) is 13.0 Å². The Morgan fingerprint density at radius 1 is 0.840 bits per heavy atom. The van der Waals surface area contributed by atoms with Gasteiger partial charge in [-0.1, -0.05) is 6.08 Å². The zero-order valence-corrected chi connectivity index (χ0v) is 21.8. The lowest BCUT2D eigenvalue weighted by atomic mass is 10.5. The highest BCUT2D eigenvalue weighted by atomic mass is 28.5. The summed E-state index contributed by atoms with van der Waals surface area (Å²) in [6, 6.07) is 0.797. The lowest BCUT2D eigenvalue weighted by Gasteiger charge is -2.41. The molecule has 0 saturated heterocycles. The van der Waals surface area contributed by atoms with Gasteiger partial charge >= 0.3 is 23.1 Å². The summed E-state index contributed by atoms with van der Waals surface area (Å²) in [6.07, 6.45) is 3.86. The van der Waals surface area contributed by atoms with Crippen molar-refractivity contribution in [2.75, 3.05) is 6.61 Å². The third-order valence-corrected chi connectivity index (χ3v) is 16.4. The molecule has 0 aliphatic carbocycles. The van der Waals surface area contributed by atoms with E-state index in [0.29, 0.717) is 6.61 Å². The average molecular weight is 423 g/mol. The van der Waals surface area contributed by atoms with Crippen molar-refractivity contribution in [1.82, 2.24) is 0 Å². The van der Waals surface area contributed by atoms with Crippen molar-refractivity contribution in [2.45, 2.75) is 78.3 Å². The number of allylic oxidation sites excluding steroid dienone is 1. The fourth-order valence-electron chi connectivity index (χ4n) is 2.80. The Bertz CT molecular complexity index is 454. The van der Waals surface area contributed by atoms with E-state index in [1.165, 1.54) is 6.08 Å². The average Bonchev–Trinajstić information content (AvgIpc) is 2.28. The maximum absolute atomic E-state index is 11.4. The molecule has 25 heavy (non-hydrogen) atoms. The Balaban J connectivity index is 4.92. The van der Waals surface area contributed by atoms with Crippen LogP contribution in [0.1, 0.15) is 13.3 Å². The molecule has 0 N–H and O–H groups in total. The quantitative estimate of drug-likeness (QED) is 0.203. The number of carbonyl (C=O) groups is 1. The van der Waals surface area contributed by atoms with Crippen LogP contribution in [0.4, 0.5) is 0 Å². The minimum absolute atomic E-state index is 0.297. The number of ether oxygens (including phenoxy) is 1. The molecule has 0 spiro atoms. The summed E-state index contributed by atoms with van der Waals surface area (Å²) < 4.78 is 24.6. The van der Waals surface area contributed by atoms with Crippen LogP contribution in [0.2, 0.25) is 65.0 Å². The Hall–Kier alpha value is -0.0425. The predicted molar refractivity (Wildman–Crippen MR) is 114 cm³/mol. The van der Waals surface area contributed by atoms with E-state index in [2.05, 4.69) is 58.9 Å². The number of carbonyl (C=O) groups excluding carboxylic acids is 1. The number of esters is 1. The van der Waals surface area contributed by atoms with Crippen LogP contribution in [-0.4, -0.2) is 46.3 Å². The van der Waals surface area contributed by atoms with Gasteiger partial charge in [0.25, 0.3) is 0 Å². The van der Waals surface area contributed by atoms with Gasteiger partial charge in [0, 0.05) is 6.08 Å². The summed E-state index contributed by atoms with van der Waals surface area (Å²) in [5, 5.41) is 0. The van der Waals surface area contributed by atoms with E-state index < -0.39 is 33.8 Å². The number of rotatable bonds is 11. The fourth-order valence-corrected chi connectivity index (χ4v) is 20.7. The molecular formula is C16H38O5Si4. The fraction of sp³-hybridized carbons (Fsp3) is 0.812. The van der Waals surface area contributed by atoms with Crippen LogP contribution < -0.4 is 0 Å². The highest BCUT2D eigenvalue weighted by molar-refractivity contribution is 6.89. The zero-order valence-electron chi connectivity index (χ0n) is 17.8. The van der Waals surface area contributed by atoms with Gasteiger partial charge in [-0.25, -0.2) is 4.79 Å². The lowest BCUT2D eigenvalue weighted by molar-refractivity contribution is -0.137. The van der Waals surface area contributed by atoms with Crippen molar-refractivity contribution in [3.8, 4) is 0 Å². The zero-order chi connectivity index (χ0) is 19.9. The molecule has 0 bridgehead atoms. The molecular weight excluding hydrogens is 385 g/mol. The van der Waals surface area contributed by atoms with Gasteiger partial charge in [0.15, 0.2) is 16.6 Å². The van der Waals surface area contributed by atoms with Crippen LogP contribution >= 0.6 is 0 Å². The second-order valence-electron chi connectivity index (χ2n) is 8.84. The van der Waals surface area contributed by atoms with Gasteiger partial charge in [-0.15, -0.1) is 0 Å². The Morgan fingerprint density at radius 3 is 1.80 bits per heavy atom. The van der Waals surface area contributed by atoms with E-state index in [1.807, 2.05) is 0 Å². The van der Waals surface area contributed by atoms with Crippen LogP contribution in [0.15, 0.2) is 12.2 Å².